The first-order valence-electron chi connectivity index (χ1n) is 9.42. The number of hydrogen-bond acceptors (Lipinski definition) is 4. The zero-order valence-electron chi connectivity index (χ0n) is 16.2. The fourth-order valence-corrected chi connectivity index (χ4v) is 3.31. The van der Waals surface area contributed by atoms with Gasteiger partial charge in [0.15, 0.2) is 0 Å². The van der Waals surface area contributed by atoms with Crippen molar-refractivity contribution in [2.24, 2.45) is 0 Å². The van der Waals surface area contributed by atoms with Crippen molar-refractivity contribution in [3.63, 3.8) is 0 Å². The summed E-state index contributed by atoms with van der Waals surface area (Å²) < 4.78 is 5.76. The average molecular weight is 433 g/mol. The summed E-state index contributed by atoms with van der Waals surface area (Å²) in [5.74, 6) is -0.209. The number of pyridine rings is 1. The van der Waals surface area contributed by atoms with Gasteiger partial charge in [0.05, 0.1) is 17.0 Å². The molecule has 4 rings (SSSR count). The van der Waals surface area contributed by atoms with E-state index < -0.39 is 5.97 Å². The zero-order chi connectivity index (χ0) is 21.8. The molecule has 0 unspecified atom stereocenters. The van der Waals surface area contributed by atoms with Crippen LogP contribution in [0.1, 0.15) is 15.9 Å². The van der Waals surface area contributed by atoms with Crippen LogP contribution in [0.3, 0.4) is 0 Å². The summed E-state index contributed by atoms with van der Waals surface area (Å²) in [4.78, 5) is 27.6. The van der Waals surface area contributed by atoms with E-state index >= 15 is 0 Å². The SMILES string of the molecule is O=C(O)Cc1ccc(Oc2ccc(NC(=O)c3ccc4ncccc4c3)cc2)c(Cl)c1. The maximum atomic E-state index is 12.6. The average Bonchev–Trinajstić information content (AvgIpc) is 2.76. The normalized spacial score (nSPS) is 10.6. The lowest BCUT2D eigenvalue weighted by molar-refractivity contribution is -0.136. The van der Waals surface area contributed by atoms with Gasteiger partial charge in [-0.2, -0.15) is 0 Å². The second-order valence-corrected chi connectivity index (χ2v) is 7.23. The summed E-state index contributed by atoms with van der Waals surface area (Å²) >= 11 is 6.19. The van der Waals surface area contributed by atoms with Crippen molar-refractivity contribution >= 4 is 40.1 Å². The Hall–Kier alpha value is -3.90. The van der Waals surface area contributed by atoms with Crippen molar-refractivity contribution in [1.82, 2.24) is 4.98 Å². The van der Waals surface area contributed by atoms with Gasteiger partial charge in [-0.3, -0.25) is 14.6 Å². The molecule has 0 radical (unpaired) electrons. The number of aliphatic carboxylic acids is 1. The number of benzene rings is 3. The quantitative estimate of drug-likeness (QED) is 0.416. The number of ether oxygens (including phenoxy) is 1. The minimum Gasteiger partial charge on any atom is -0.481 e. The third kappa shape index (κ3) is 4.99. The largest absolute Gasteiger partial charge is 0.481 e. The number of aromatic nitrogens is 1. The highest BCUT2D eigenvalue weighted by Crippen LogP contribution is 2.31. The third-order valence-corrected chi connectivity index (χ3v) is 4.85. The number of carbonyl (C=O) groups excluding carboxylic acids is 1. The van der Waals surface area contributed by atoms with Gasteiger partial charge in [0.1, 0.15) is 11.5 Å². The Bertz CT molecular complexity index is 1270. The monoisotopic (exact) mass is 432 g/mol. The summed E-state index contributed by atoms with van der Waals surface area (Å²) in [6, 6.07) is 20.8. The van der Waals surface area contributed by atoms with Crippen LogP contribution in [-0.2, 0) is 11.2 Å². The molecule has 4 aromatic rings. The number of carboxylic acids is 1. The second kappa shape index (κ2) is 8.85. The number of anilines is 1. The van der Waals surface area contributed by atoms with Crippen molar-refractivity contribution in [3.05, 3.63) is 95.1 Å². The maximum absolute atomic E-state index is 12.6. The molecule has 0 saturated heterocycles. The van der Waals surface area contributed by atoms with Crippen molar-refractivity contribution < 1.29 is 19.4 Å². The molecule has 0 saturated carbocycles. The number of carbonyl (C=O) groups is 2. The van der Waals surface area contributed by atoms with Crippen molar-refractivity contribution in [2.75, 3.05) is 5.32 Å². The first kappa shape index (κ1) is 20.4. The number of nitrogens with zero attached hydrogens (tertiary/aromatic N) is 1. The Kier molecular flexibility index (Phi) is 5.82. The van der Waals surface area contributed by atoms with Gasteiger partial charge in [-0.25, -0.2) is 0 Å². The number of nitrogens with one attached hydrogen (secondary N) is 1. The minimum atomic E-state index is -0.928. The summed E-state index contributed by atoms with van der Waals surface area (Å²) in [5.41, 5.74) is 2.57. The van der Waals surface area contributed by atoms with Crippen LogP contribution in [-0.4, -0.2) is 22.0 Å². The first-order chi connectivity index (χ1) is 15.0. The van der Waals surface area contributed by atoms with Gasteiger partial charge in [-0.05, 0) is 66.2 Å². The first-order valence-corrected chi connectivity index (χ1v) is 9.80. The van der Waals surface area contributed by atoms with Gasteiger partial charge in [-0.15, -0.1) is 0 Å². The molecule has 154 valence electrons. The Morgan fingerprint density at radius 2 is 1.81 bits per heavy atom. The molecule has 1 heterocycles. The molecule has 7 heteroatoms. The fraction of sp³-hybridized carbons (Fsp3) is 0.0417. The van der Waals surface area contributed by atoms with Gasteiger partial charge >= 0.3 is 5.97 Å². The van der Waals surface area contributed by atoms with Gasteiger partial charge in [-0.1, -0.05) is 23.7 Å². The Balaban J connectivity index is 1.43. The van der Waals surface area contributed by atoms with Crippen LogP contribution < -0.4 is 10.1 Å². The summed E-state index contributed by atoms with van der Waals surface area (Å²) in [6.45, 7) is 0. The molecule has 3 aromatic carbocycles. The molecule has 0 aliphatic heterocycles. The van der Waals surface area contributed by atoms with Crippen molar-refractivity contribution in [3.8, 4) is 11.5 Å². The van der Waals surface area contributed by atoms with E-state index in [0.717, 1.165) is 10.9 Å². The maximum Gasteiger partial charge on any atom is 0.307 e. The van der Waals surface area contributed by atoms with Gasteiger partial charge in [0.25, 0.3) is 5.91 Å². The van der Waals surface area contributed by atoms with Crippen LogP contribution in [0.25, 0.3) is 10.9 Å². The molecular formula is C24H17ClN2O4. The van der Waals surface area contributed by atoms with E-state index in [9.17, 15) is 9.59 Å². The molecule has 2 N–H and O–H groups in total. The second-order valence-electron chi connectivity index (χ2n) is 6.83. The molecule has 0 aliphatic rings. The van der Waals surface area contributed by atoms with E-state index in [1.165, 1.54) is 0 Å². The molecule has 1 aromatic heterocycles. The highest BCUT2D eigenvalue weighted by atomic mass is 35.5. The summed E-state index contributed by atoms with van der Waals surface area (Å²) in [6.07, 6.45) is 1.60. The number of halogens is 1. The number of amides is 1. The van der Waals surface area contributed by atoms with E-state index in [-0.39, 0.29) is 12.3 Å². The van der Waals surface area contributed by atoms with Crippen LogP contribution in [0.2, 0.25) is 5.02 Å². The van der Waals surface area contributed by atoms with Gasteiger partial charge in [0, 0.05) is 22.8 Å². The molecule has 0 aliphatic carbocycles. The number of hydrogen-bond donors (Lipinski definition) is 2. The Morgan fingerprint density at radius 1 is 1.00 bits per heavy atom. The standard InChI is InChI=1S/C24H17ClN2O4/c25-20-12-15(13-23(28)29)3-10-22(20)31-19-7-5-18(6-8-19)27-24(30)17-4-9-21-16(14-17)2-1-11-26-21/h1-12,14H,13H2,(H,27,30)(H,28,29). The van der Waals surface area contributed by atoms with Gasteiger partial charge in [0.2, 0.25) is 0 Å². The molecule has 6 nitrogen and oxygen atoms in total. The number of carboxylic acid groups (broad SMARTS) is 1. The molecule has 0 bridgehead atoms. The lowest BCUT2D eigenvalue weighted by Gasteiger charge is -2.10. The van der Waals surface area contributed by atoms with Crippen LogP contribution in [0, 0.1) is 0 Å². The van der Waals surface area contributed by atoms with Gasteiger partial charge < -0.3 is 15.2 Å². The number of rotatable bonds is 6. The summed E-state index contributed by atoms with van der Waals surface area (Å²) in [5, 5.41) is 12.9. The van der Waals surface area contributed by atoms with Crippen LogP contribution in [0.5, 0.6) is 11.5 Å². The van der Waals surface area contributed by atoms with Crippen LogP contribution in [0.15, 0.2) is 79.0 Å². The molecule has 31 heavy (non-hydrogen) atoms. The molecule has 0 atom stereocenters. The lowest BCUT2D eigenvalue weighted by Crippen LogP contribution is -2.11. The zero-order valence-corrected chi connectivity index (χ0v) is 17.0. The smallest absolute Gasteiger partial charge is 0.307 e. The molecule has 0 spiro atoms. The fourth-order valence-electron chi connectivity index (χ4n) is 3.07. The Labute approximate surface area is 183 Å². The summed E-state index contributed by atoms with van der Waals surface area (Å²) in [7, 11) is 0. The van der Waals surface area contributed by atoms with E-state index in [1.807, 2.05) is 18.2 Å². The van der Waals surface area contributed by atoms with E-state index in [4.69, 9.17) is 21.4 Å². The van der Waals surface area contributed by atoms with Crippen molar-refractivity contribution in [2.45, 2.75) is 6.42 Å². The van der Waals surface area contributed by atoms with Crippen LogP contribution in [0.4, 0.5) is 5.69 Å². The minimum absolute atomic E-state index is 0.109. The van der Waals surface area contributed by atoms with Crippen molar-refractivity contribution in [1.29, 1.82) is 0 Å². The molecule has 1 amide bonds. The number of fused-ring (bicyclic) bond motifs is 1. The molecule has 0 fully saturated rings. The third-order valence-electron chi connectivity index (χ3n) is 4.56. The predicted molar refractivity (Wildman–Crippen MR) is 119 cm³/mol. The predicted octanol–water partition coefficient (Wildman–Crippen LogP) is 5.56. The van der Waals surface area contributed by atoms with E-state index in [2.05, 4.69) is 10.3 Å². The highest BCUT2D eigenvalue weighted by molar-refractivity contribution is 6.32. The molecular weight excluding hydrogens is 416 g/mol. The van der Waals surface area contributed by atoms with E-state index in [1.54, 1.807) is 60.8 Å². The topological polar surface area (TPSA) is 88.5 Å². The Morgan fingerprint density at radius 3 is 2.55 bits per heavy atom. The lowest BCUT2D eigenvalue weighted by atomic mass is 10.1. The highest BCUT2D eigenvalue weighted by Gasteiger charge is 2.09. The van der Waals surface area contributed by atoms with E-state index in [0.29, 0.717) is 33.3 Å². The van der Waals surface area contributed by atoms with Crippen LogP contribution >= 0.6 is 11.6 Å².